The van der Waals surface area contributed by atoms with Gasteiger partial charge in [0.1, 0.15) is 17.3 Å². The van der Waals surface area contributed by atoms with Crippen LogP contribution in [0.4, 0.5) is 5.82 Å². The summed E-state index contributed by atoms with van der Waals surface area (Å²) in [5, 5.41) is 4.72. The zero-order chi connectivity index (χ0) is 13.3. The molecule has 0 radical (unpaired) electrons. The van der Waals surface area contributed by atoms with Crippen LogP contribution in [0, 0.1) is 6.92 Å². The summed E-state index contributed by atoms with van der Waals surface area (Å²) in [7, 11) is 2.07. The lowest BCUT2D eigenvalue weighted by molar-refractivity contribution is 0.579. The molecular formula is C12H18ClN5. The molecule has 0 fully saturated rings. The number of hydrogen-bond donors (Lipinski definition) is 0. The van der Waals surface area contributed by atoms with Crippen molar-refractivity contribution in [3.63, 3.8) is 0 Å². The predicted octanol–water partition coefficient (Wildman–Crippen LogP) is 2.71. The zero-order valence-electron chi connectivity index (χ0n) is 11.2. The number of halogens is 1. The molecular weight excluding hydrogens is 250 g/mol. The Morgan fingerprint density at radius 1 is 1.39 bits per heavy atom. The molecule has 0 saturated heterocycles. The van der Waals surface area contributed by atoms with Crippen LogP contribution in [0.2, 0.25) is 5.15 Å². The van der Waals surface area contributed by atoms with Crippen molar-refractivity contribution in [1.82, 2.24) is 19.6 Å². The Balaban J connectivity index is 2.61. The van der Waals surface area contributed by atoms with Crippen LogP contribution < -0.4 is 4.90 Å². The van der Waals surface area contributed by atoms with Gasteiger partial charge < -0.3 is 4.90 Å². The van der Waals surface area contributed by atoms with E-state index in [-0.39, 0.29) is 0 Å². The first kappa shape index (κ1) is 13.1. The maximum absolute atomic E-state index is 6.17. The van der Waals surface area contributed by atoms with Gasteiger partial charge in [-0.25, -0.2) is 0 Å². The van der Waals surface area contributed by atoms with Crippen LogP contribution in [0.3, 0.4) is 0 Å². The van der Waals surface area contributed by atoms with E-state index in [2.05, 4.69) is 40.9 Å². The average molecular weight is 268 g/mol. The fourth-order valence-corrected chi connectivity index (χ4v) is 2.47. The molecule has 2 aromatic heterocycles. The monoisotopic (exact) mass is 267 g/mol. The van der Waals surface area contributed by atoms with Crippen LogP contribution in [-0.4, -0.2) is 32.7 Å². The second-order valence-corrected chi connectivity index (χ2v) is 4.76. The quantitative estimate of drug-likeness (QED) is 0.799. The number of fused-ring (bicyclic) bond motifs is 1. The Kier molecular flexibility index (Phi) is 3.71. The van der Waals surface area contributed by atoms with Gasteiger partial charge in [-0.1, -0.05) is 25.4 Å². The Labute approximate surface area is 112 Å². The summed E-state index contributed by atoms with van der Waals surface area (Å²) in [5.41, 5.74) is 0.934. The molecule has 0 atom stereocenters. The lowest BCUT2D eigenvalue weighted by atomic mass is 10.1. The van der Waals surface area contributed by atoms with E-state index < -0.39 is 0 Å². The van der Waals surface area contributed by atoms with Crippen molar-refractivity contribution in [2.24, 2.45) is 0 Å². The minimum absolute atomic E-state index is 0.453. The third-order valence-corrected chi connectivity index (χ3v) is 3.77. The molecule has 2 rings (SSSR count). The minimum Gasteiger partial charge on any atom is -0.356 e. The Morgan fingerprint density at radius 2 is 2.06 bits per heavy atom. The van der Waals surface area contributed by atoms with E-state index in [1.54, 1.807) is 4.52 Å². The van der Waals surface area contributed by atoms with E-state index in [1.165, 1.54) is 6.33 Å². The van der Waals surface area contributed by atoms with Gasteiger partial charge in [0.25, 0.3) is 5.78 Å². The third kappa shape index (κ3) is 2.03. The largest absolute Gasteiger partial charge is 0.356 e. The molecule has 18 heavy (non-hydrogen) atoms. The SMILES string of the molecule is CCC(CC)N(C)c1c(C)c(Cl)nc2ncnn12. The Hall–Kier alpha value is -1.36. The van der Waals surface area contributed by atoms with Gasteiger partial charge in [0, 0.05) is 18.7 Å². The molecule has 98 valence electrons. The van der Waals surface area contributed by atoms with Crippen molar-refractivity contribution in [2.75, 3.05) is 11.9 Å². The lowest BCUT2D eigenvalue weighted by Gasteiger charge is -2.29. The first-order chi connectivity index (χ1) is 8.60. The number of hydrogen-bond acceptors (Lipinski definition) is 4. The molecule has 0 saturated carbocycles. The van der Waals surface area contributed by atoms with Crippen molar-refractivity contribution >= 4 is 23.2 Å². The summed E-state index contributed by atoms with van der Waals surface area (Å²) < 4.78 is 1.75. The molecule has 5 nitrogen and oxygen atoms in total. The van der Waals surface area contributed by atoms with E-state index in [4.69, 9.17) is 11.6 Å². The van der Waals surface area contributed by atoms with Crippen LogP contribution in [0.15, 0.2) is 6.33 Å². The molecule has 0 spiro atoms. The first-order valence-corrected chi connectivity index (χ1v) is 6.56. The summed E-state index contributed by atoms with van der Waals surface area (Å²) in [6.45, 7) is 6.33. The van der Waals surface area contributed by atoms with E-state index in [1.807, 2.05) is 6.92 Å². The van der Waals surface area contributed by atoms with Crippen molar-refractivity contribution in [1.29, 1.82) is 0 Å². The fourth-order valence-electron chi connectivity index (χ4n) is 2.31. The molecule has 0 N–H and O–H groups in total. The second kappa shape index (κ2) is 5.10. The van der Waals surface area contributed by atoms with E-state index >= 15 is 0 Å². The van der Waals surface area contributed by atoms with Crippen LogP contribution in [0.1, 0.15) is 32.3 Å². The van der Waals surface area contributed by atoms with Crippen LogP contribution in [0.5, 0.6) is 0 Å². The van der Waals surface area contributed by atoms with Crippen molar-refractivity contribution in [2.45, 2.75) is 39.7 Å². The highest BCUT2D eigenvalue weighted by molar-refractivity contribution is 6.30. The number of anilines is 1. The predicted molar refractivity (Wildman–Crippen MR) is 73.3 cm³/mol. The van der Waals surface area contributed by atoms with Gasteiger partial charge in [-0.3, -0.25) is 0 Å². The second-order valence-electron chi connectivity index (χ2n) is 4.40. The summed E-state index contributed by atoms with van der Waals surface area (Å²) in [6, 6.07) is 0.453. The molecule has 0 aliphatic carbocycles. The minimum atomic E-state index is 0.453. The molecule has 0 amide bonds. The molecule has 6 heteroatoms. The maximum Gasteiger partial charge on any atom is 0.255 e. The van der Waals surface area contributed by atoms with Gasteiger partial charge in [-0.05, 0) is 19.8 Å². The molecule has 0 bridgehead atoms. The molecule has 0 unspecified atom stereocenters. The topological polar surface area (TPSA) is 46.3 Å². The fraction of sp³-hybridized carbons (Fsp3) is 0.583. The van der Waals surface area contributed by atoms with E-state index in [0.717, 1.165) is 24.2 Å². The number of nitrogens with zero attached hydrogens (tertiary/aromatic N) is 5. The highest BCUT2D eigenvalue weighted by atomic mass is 35.5. The first-order valence-electron chi connectivity index (χ1n) is 6.18. The normalized spacial score (nSPS) is 11.4. The van der Waals surface area contributed by atoms with E-state index in [9.17, 15) is 0 Å². The molecule has 2 heterocycles. The molecule has 2 aromatic rings. The van der Waals surface area contributed by atoms with Crippen molar-refractivity contribution in [3.8, 4) is 0 Å². The maximum atomic E-state index is 6.17. The highest BCUT2D eigenvalue weighted by Crippen LogP contribution is 2.27. The smallest absolute Gasteiger partial charge is 0.255 e. The average Bonchev–Trinajstić information content (AvgIpc) is 2.79. The highest BCUT2D eigenvalue weighted by Gasteiger charge is 2.20. The lowest BCUT2D eigenvalue weighted by Crippen LogP contribution is -2.33. The van der Waals surface area contributed by atoms with Crippen LogP contribution in [-0.2, 0) is 0 Å². The molecule has 0 aromatic carbocycles. The summed E-state index contributed by atoms with van der Waals surface area (Å²) in [5.74, 6) is 1.51. The van der Waals surface area contributed by atoms with Gasteiger partial charge in [-0.15, -0.1) is 0 Å². The van der Waals surface area contributed by atoms with Crippen molar-refractivity contribution in [3.05, 3.63) is 17.0 Å². The van der Waals surface area contributed by atoms with Crippen LogP contribution in [0.25, 0.3) is 5.78 Å². The number of aromatic nitrogens is 4. The summed E-state index contributed by atoms with van der Waals surface area (Å²) >= 11 is 6.17. The standard InChI is InChI=1S/C12H18ClN5/c1-5-9(6-2)17(4)11-8(3)10(13)16-12-14-7-15-18(11)12/h7,9H,5-6H2,1-4H3. The Bertz CT molecular complexity index is 547. The van der Waals surface area contributed by atoms with Crippen molar-refractivity contribution < 1.29 is 0 Å². The third-order valence-electron chi connectivity index (χ3n) is 3.40. The van der Waals surface area contributed by atoms with Gasteiger partial charge >= 0.3 is 0 Å². The number of rotatable bonds is 4. The van der Waals surface area contributed by atoms with Gasteiger partial charge in [0.2, 0.25) is 0 Å². The van der Waals surface area contributed by atoms with Gasteiger partial charge in [0.05, 0.1) is 0 Å². The molecule has 0 aliphatic rings. The van der Waals surface area contributed by atoms with Crippen LogP contribution >= 0.6 is 11.6 Å². The summed E-state index contributed by atoms with van der Waals surface area (Å²) in [4.78, 5) is 10.5. The van der Waals surface area contributed by atoms with Gasteiger partial charge in [-0.2, -0.15) is 19.6 Å². The summed E-state index contributed by atoms with van der Waals surface area (Å²) in [6.07, 6.45) is 3.65. The van der Waals surface area contributed by atoms with E-state index in [0.29, 0.717) is 17.0 Å². The van der Waals surface area contributed by atoms with Gasteiger partial charge in [0.15, 0.2) is 0 Å². The zero-order valence-corrected chi connectivity index (χ0v) is 11.9. The Morgan fingerprint density at radius 3 is 2.67 bits per heavy atom. The molecule has 0 aliphatic heterocycles.